The van der Waals surface area contributed by atoms with Crippen LogP contribution in [0.5, 0.6) is 0 Å². The maximum Gasteiger partial charge on any atom is 0.191 e. The number of aromatic amines is 1. The van der Waals surface area contributed by atoms with E-state index in [1.54, 1.807) is 18.2 Å². The Balaban J connectivity index is 1.62. The van der Waals surface area contributed by atoms with E-state index >= 15 is 0 Å². The van der Waals surface area contributed by atoms with Crippen molar-refractivity contribution in [2.75, 3.05) is 19.6 Å². The normalized spacial score (nSPS) is 12.9. The Morgan fingerprint density at radius 3 is 2.68 bits per heavy atom. The molecule has 1 unspecified atom stereocenters. The van der Waals surface area contributed by atoms with E-state index in [-0.39, 0.29) is 12.1 Å². The van der Waals surface area contributed by atoms with Crippen molar-refractivity contribution in [3.63, 3.8) is 0 Å². The molecule has 0 aliphatic carbocycles. The number of aliphatic hydroxyl groups is 1. The van der Waals surface area contributed by atoms with Crippen LogP contribution in [0, 0.1) is 12.7 Å². The number of fused-ring (bicyclic) bond motifs is 1. The Morgan fingerprint density at radius 1 is 1.14 bits per heavy atom. The van der Waals surface area contributed by atoms with Gasteiger partial charge in [-0.15, -0.1) is 0 Å². The van der Waals surface area contributed by atoms with E-state index in [1.165, 1.54) is 22.7 Å². The second kappa shape index (κ2) is 9.37. The summed E-state index contributed by atoms with van der Waals surface area (Å²) in [4.78, 5) is 7.82. The number of benzene rings is 2. The Kier molecular flexibility index (Phi) is 6.66. The maximum atomic E-state index is 13.8. The van der Waals surface area contributed by atoms with Crippen LogP contribution in [-0.2, 0) is 6.42 Å². The number of nitrogens with one attached hydrogen (secondary N) is 3. The van der Waals surface area contributed by atoms with Crippen LogP contribution < -0.4 is 10.6 Å². The first-order valence-electron chi connectivity index (χ1n) is 9.61. The van der Waals surface area contributed by atoms with Gasteiger partial charge in [-0.05, 0) is 38.0 Å². The molecule has 28 heavy (non-hydrogen) atoms. The van der Waals surface area contributed by atoms with Crippen LogP contribution >= 0.6 is 0 Å². The molecule has 0 amide bonds. The van der Waals surface area contributed by atoms with Crippen LogP contribution in [0.1, 0.15) is 29.8 Å². The molecule has 148 valence electrons. The van der Waals surface area contributed by atoms with Crippen molar-refractivity contribution >= 4 is 16.9 Å². The maximum absolute atomic E-state index is 13.8. The molecule has 0 aliphatic rings. The fraction of sp³-hybridized carbons (Fsp3) is 0.318. The largest absolute Gasteiger partial charge is 0.386 e. The number of hydrogen-bond donors (Lipinski definition) is 4. The Hall–Kier alpha value is -2.86. The number of rotatable bonds is 7. The summed E-state index contributed by atoms with van der Waals surface area (Å²) in [5, 5.41) is 17.9. The van der Waals surface area contributed by atoms with Gasteiger partial charge in [-0.1, -0.05) is 36.4 Å². The summed E-state index contributed by atoms with van der Waals surface area (Å²) in [5.74, 6) is 0.188. The summed E-state index contributed by atoms with van der Waals surface area (Å²) in [6.45, 7) is 5.55. The fourth-order valence-corrected chi connectivity index (χ4v) is 3.33. The van der Waals surface area contributed by atoms with Crippen molar-refractivity contribution in [2.45, 2.75) is 26.4 Å². The van der Waals surface area contributed by atoms with Crippen molar-refractivity contribution in [1.29, 1.82) is 0 Å². The summed E-state index contributed by atoms with van der Waals surface area (Å²) >= 11 is 0. The van der Waals surface area contributed by atoms with Crippen LogP contribution in [-0.4, -0.2) is 35.7 Å². The van der Waals surface area contributed by atoms with Crippen LogP contribution in [0.15, 0.2) is 53.5 Å². The molecule has 0 radical (unpaired) electrons. The number of hydrogen-bond acceptors (Lipinski definition) is 2. The number of aryl methyl sites for hydroxylation is 1. The van der Waals surface area contributed by atoms with Gasteiger partial charge in [-0.25, -0.2) is 4.39 Å². The van der Waals surface area contributed by atoms with Gasteiger partial charge in [0, 0.05) is 35.2 Å². The predicted molar refractivity (Wildman–Crippen MR) is 112 cm³/mol. The number of H-pyrrole nitrogens is 1. The smallest absolute Gasteiger partial charge is 0.191 e. The van der Waals surface area contributed by atoms with E-state index in [1.807, 2.05) is 19.1 Å². The van der Waals surface area contributed by atoms with Gasteiger partial charge < -0.3 is 20.7 Å². The van der Waals surface area contributed by atoms with Crippen molar-refractivity contribution in [3.05, 3.63) is 71.2 Å². The summed E-state index contributed by atoms with van der Waals surface area (Å²) in [7, 11) is 0. The number of para-hydroxylation sites is 1. The average molecular weight is 382 g/mol. The summed E-state index contributed by atoms with van der Waals surface area (Å²) in [6.07, 6.45) is -0.136. The minimum Gasteiger partial charge on any atom is -0.386 e. The molecular formula is C22H27FN4O. The molecule has 1 atom stereocenters. The lowest BCUT2D eigenvalue weighted by Crippen LogP contribution is -2.38. The highest BCUT2D eigenvalue weighted by Gasteiger charge is 2.12. The van der Waals surface area contributed by atoms with Crippen molar-refractivity contribution < 1.29 is 9.50 Å². The molecule has 5 nitrogen and oxygen atoms in total. The van der Waals surface area contributed by atoms with E-state index in [9.17, 15) is 9.50 Å². The molecule has 0 spiro atoms. The summed E-state index contributed by atoms with van der Waals surface area (Å²) < 4.78 is 13.8. The monoisotopic (exact) mass is 382 g/mol. The predicted octanol–water partition coefficient (Wildman–Crippen LogP) is 3.45. The lowest BCUT2D eigenvalue weighted by atomic mass is 10.1. The molecule has 2 aromatic carbocycles. The number of nitrogens with zero attached hydrogens (tertiary/aromatic N) is 1. The molecule has 1 heterocycles. The average Bonchev–Trinajstić information content (AvgIpc) is 3.01. The molecule has 6 heteroatoms. The number of halogens is 1. The van der Waals surface area contributed by atoms with E-state index in [0.29, 0.717) is 19.0 Å². The first-order valence-corrected chi connectivity index (χ1v) is 9.61. The molecule has 0 saturated carbocycles. The third-order valence-corrected chi connectivity index (χ3v) is 4.73. The van der Waals surface area contributed by atoms with Gasteiger partial charge >= 0.3 is 0 Å². The summed E-state index contributed by atoms with van der Waals surface area (Å²) in [6, 6.07) is 14.5. The topological polar surface area (TPSA) is 72.4 Å². The van der Waals surface area contributed by atoms with E-state index in [2.05, 4.69) is 39.7 Å². The SMILES string of the molecule is CCNC(=NCC(O)c1ccccc1F)NCCc1c(C)[nH]c2ccccc12. The molecule has 3 aromatic rings. The zero-order valence-electron chi connectivity index (χ0n) is 16.3. The molecule has 0 aliphatic heterocycles. The van der Waals surface area contributed by atoms with Gasteiger partial charge in [0.25, 0.3) is 0 Å². The third-order valence-electron chi connectivity index (χ3n) is 4.73. The number of guanidine groups is 1. The van der Waals surface area contributed by atoms with Gasteiger partial charge in [0.05, 0.1) is 6.54 Å². The molecule has 3 rings (SSSR count). The fourth-order valence-electron chi connectivity index (χ4n) is 3.33. The van der Waals surface area contributed by atoms with Crippen LogP contribution in [0.3, 0.4) is 0 Å². The van der Waals surface area contributed by atoms with E-state index in [4.69, 9.17) is 0 Å². The van der Waals surface area contributed by atoms with Gasteiger partial charge in [0.1, 0.15) is 11.9 Å². The van der Waals surface area contributed by atoms with Crippen LogP contribution in [0.4, 0.5) is 4.39 Å². The van der Waals surface area contributed by atoms with Crippen molar-refractivity contribution in [2.24, 2.45) is 4.99 Å². The quantitative estimate of drug-likeness (QED) is 0.374. The van der Waals surface area contributed by atoms with E-state index < -0.39 is 11.9 Å². The second-order valence-electron chi connectivity index (χ2n) is 6.71. The van der Waals surface area contributed by atoms with Crippen molar-refractivity contribution in [1.82, 2.24) is 15.6 Å². The van der Waals surface area contributed by atoms with Gasteiger partial charge in [-0.2, -0.15) is 0 Å². The highest BCUT2D eigenvalue weighted by Crippen LogP contribution is 2.22. The molecule has 0 saturated heterocycles. The van der Waals surface area contributed by atoms with Gasteiger partial charge in [0.15, 0.2) is 5.96 Å². The van der Waals surface area contributed by atoms with Crippen molar-refractivity contribution in [3.8, 4) is 0 Å². The van der Waals surface area contributed by atoms with Crippen LogP contribution in [0.25, 0.3) is 10.9 Å². The Labute approximate surface area is 164 Å². The minimum atomic E-state index is -0.979. The first-order chi connectivity index (χ1) is 13.6. The van der Waals surface area contributed by atoms with Gasteiger partial charge in [-0.3, -0.25) is 4.99 Å². The van der Waals surface area contributed by atoms with Gasteiger partial charge in [0.2, 0.25) is 0 Å². The molecule has 0 fully saturated rings. The Bertz CT molecular complexity index is 951. The molecule has 0 bridgehead atoms. The minimum absolute atomic E-state index is 0.0857. The van der Waals surface area contributed by atoms with Crippen LogP contribution in [0.2, 0.25) is 0 Å². The second-order valence-corrected chi connectivity index (χ2v) is 6.71. The summed E-state index contributed by atoms with van der Waals surface area (Å²) in [5.41, 5.74) is 3.85. The lowest BCUT2D eigenvalue weighted by Gasteiger charge is -2.14. The number of aliphatic imine (C=N–C) groups is 1. The highest BCUT2D eigenvalue weighted by atomic mass is 19.1. The zero-order chi connectivity index (χ0) is 19.9. The molecule has 4 N–H and O–H groups in total. The molecular weight excluding hydrogens is 355 g/mol. The Morgan fingerprint density at radius 2 is 1.89 bits per heavy atom. The standard InChI is InChI=1S/C22H27FN4O/c1-3-24-22(26-14-21(28)18-9-4-6-10-19(18)23)25-13-12-16-15(2)27-20-11-7-5-8-17(16)20/h4-11,21,27-28H,3,12-14H2,1-2H3,(H2,24,25,26). The zero-order valence-corrected chi connectivity index (χ0v) is 16.3. The van der Waals surface area contributed by atoms with E-state index in [0.717, 1.165) is 11.9 Å². The third kappa shape index (κ3) is 4.70. The lowest BCUT2D eigenvalue weighted by molar-refractivity contribution is 0.182. The first kappa shape index (κ1) is 19.9. The highest BCUT2D eigenvalue weighted by molar-refractivity contribution is 5.84. The number of aromatic nitrogens is 1. The molecule has 1 aromatic heterocycles. The number of aliphatic hydroxyl groups excluding tert-OH is 1.